The lowest BCUT2D eigenvalue weighted by atomic mass is 10.1. The van der Waals surface area contributed by atoms with Gasteiger partial charge in [-0.3, -0.25) is 9.69 Å². The molecule has 0 atom stereocenters. The van der Waals surface area contributed by atoms with Crippen molar-refractivity contribution >= 4 is 22.5 Å². The van der Waals surface area contributed by atoms with Crippen LogP contribution in [0.25, 0.3) is 10.9 Å². The Morgan fingerprint density at radius 3 is 2.63 bits per heavy atom. The van der Waals surface area contributed by atoms with Gasteiger partial charge in [0.05, 0.1) is 0 Å². The summed E-state index contributed by atoms with van der Waals surface area (Å²) >= 11 is 0. The van der Waals surface area contributed by atoms with Gasteiger partial charge in [0.25, 0.3) is 0 Å². The second kappa shape index (κ2) is 8.40. The van der Waals surface area contributed by atoms with E-state index >= 15 is 0 Å². The number of aromatic nitrogens is 1. The predicted molar refractivity (Wildman–Crippen MR) is 111 cm³/mol. The van der Waals surface area contributed by atoms with Crippen LogP contribution in [0.3, 0.4) is 0 Å². The monoisotopic (exact) mass is 361 g/mol. The minimum absolute atomic E-state index is 0.0753. The number of carbonyl (C=O) groups excluding carboxylic acids is 1. The number of piperidine rings is 1. The summed E-state index contributed by atoms with van der Waals surface area (Å²) < 4.78 is 0. The highest BCUT2D eigenvalue weighted by Crippen LogP contribution is 2.22. The van der Waals surface area contributed by atoms with Crippen LogP contribution >= 0.6 is 0 Å². The first-order valence-electron chi connectivity index (χ1n) is 9.95. The number of nitrogens with zero attached hydrogens (tertiary/aromatic N) is 1. The van der Waals surface area contributed by atoms with E-state index in [9.17, 15) is 4.79 Å². The van der Waals surface area contributed by atoms with Gasteiger partial charge in [-0.15, -0.1) is 0 Å². The van der Waals surface area contributed by atoms with Crippen molar-refractivity contribution in [1.82, 2.24) is 9.88 Å². The third-order valence-electron chi connectivity index (χ3n) is 5.43. The number of aryl methyl sites for hydroxylation is 1. The molecule has 4 heteroatoms. The molecule has 1 aliphatic heterocycles. The summed E-state index contributed by atoms with van der Waals surface area (Å²) in [6.07, 6.45) is 7.13. The normalized spacial score (nSPS) is 15.1. The van der Waals surface area contributed by atoms with Crippen LogP contribution < -0.4 is 5.32 Å². The SMILES string of the molecule is O=C(CCc1c[nH]c2ccccc12)Nc1ccccc1CN1CCCCC1. The molecule has 4 rings (SSSR count). The second-order valence-electron chi connectivity index (χ2n) is 7.40. The first-order chi connectivity index (χ1) is 13.3. The average molecular weight is 361 g/mol. The van der Waals surface area contributed by atoms with Gasteiger partial charge in [-0.1, -0.05) is 42.8 Å². The lowest BCUT2D eigenvalue weighted by Crippen LogP contribution is -2.29. The number of hydrogen-bond donors (Lipinski definition) is 2. The van der Waals surface area contributed by atoms with Crippen LogP contribution in [0.15, 0.2) is 54.7 Å². The van der Waals surface area contributed by atoms with Gasteiger partial charge in [0.15, 0.2) is 0 Å². The van der Waals surface area contributed by atoms with Gasteiger partial charge in [0.2, 0.25) is 5.91 Å². The number of rotatable bonds is 6. The second-order valence-corrected chi connectivity index (χ2v) is 7.40. The molecule has 0 aliphatic carbocycles. The van der Waals surface area contributed by atoms with E-state index in [1.807, 2.05) is 30.5 Å². The van der Waals surface area contributed by atoms with Crippen molar-refractivity contribution < 1.29 is 4.79 Å². The van der Waals surface area contributed by atoms with Crippen molar-refractivity contribution in [1.29, 1.82) is 0 Å². The number of anilines is 1. The standard InChI is InChI=1S/C23H27N3O/c27-23(13-12-18-16-24-22-11-5-3-9-20(18)22)25-21-10-4-2-8-19(21)17-26-14-6-1-7-15-26/h2-5,8-11,16,24H,1,6-7,12-15,17H2,(H,25,27). The van der Waals surface area contributed by atoms with Crippen LogP contribution in [-0.4, -0.2) is 28.9 Å². The number of fused-ring (bicyclic) bond motifs is 1. The third-order valence-corrected chi connectivity index (χ3v) is 5.43. The Morgan fingerprint density at radius 1 is 0.963 bits per heavy atom. The van der Waals surface area contributed by atoms with Gasteiger partial charge in [-0.2, -0.15) is 0 Å². The van der Waals surface area contributed by atoms with Gasteiger partial charge in [-0.05, 0) is 55.6 Å². The van der Waals surface area contributed by atoms with Crippen LogP contribution in [0, 0.1) is 0 Å². The van der Waals surface area contributed by atoms with Crippen molar-refractivity contribution in [3.63, 3.8) is 0 Å². The molecule has 1 aromatic heterocycles. The highest BCUT2D eigenvalue weighted by Gasteiger charge is 2.14. The van der Waals surface area contributed by atoms with E-state index < -0.39 is 0 Å². The number of aromatic amines is 1. The molecule has 3 aromatic rings. The highest BCUT2D eigenvalue weighted by atomic mass is 16.1. The zero-order valence-corrected chi connectivity index (χ0v) is 15.7. The van der Waals surface area contributed by atoms with Crippen LogP contribution in [0.1, 0.15) is 36.8 Å². The fraction of sp³-hybridized carbons (Fsp3) is 0.348. The number of hydrogen-bond acceptors (Lipinski definition) is 2. The molecule has 2 heterocycles. The van der Waals surface area contributed by atoms with Crippen molar-refractivity contribution in [2.75, 3.05) is 18.4 Å². The quantitative estimate of drug-likeness (QED) is 0.667. The minimum Gasteiger partial charge on any atom is -0.361 e. The molecule has 27 heavy (non-hydrogen) atoms. The Hall–Kier alpha value is -2.59. The average Bonchev–Trinajstić information content (AvgIpc) is 3.12. The van der Waals surface area contributed by atoms with E-state index in [1.54, 1.807) is 0 Å². The topological polar surface area (TPSA) is 48.1 Å². The van der Waals surface area contributed by atoms with Gasteiger partial charge >= 0.3 is 0 Å². The summed E-state index contributed by atoms with van der Waals surface area (Å²) in [6.45, 7) is 3.23. The largest absolute Gasteiger partial charge is 0.361 e. The van der Waals surface area contributed by atoms with E-state index in [-0.39, 0.29) is 5.91 Å². The number of amides is 1. The summed E-state index contributed by atoms with van der Waals surface area (Å²) in [4.78, 5) is 18.3. The fourth-order valence-electron chi connectivity index (χ4n) is 3.94. The number of likely N-dealkylation sites (tertiary alicyclic amines) is 1. The van der Waals surface area contributed by atoms with Crippen LogP contribution in [0.2, 0.25) is 0 Å². The molecule has 0 spiro atoms. The molecule has 1 fully saturated rings. The van der Waals surface area contributed by atoms with Gasteiger partial charge < -0.3 is 10.3 Å². The number of H-pyrrole nitrogens is 1. The maximum atomic E-state index is 12.6. The van der Waals surface area contributed by atoms with Crippen molar-refractivity contribution in [2.45, 2.75) is 38.6 Å². The predicted octanol–water partition coefficient (Wildman–Crippen LogP) is 4.73. The van der Waals surface area contributed by atoms with E-state index in [2.05, 4.69) is 39.5 Å². The molecule has 2 N–H and O–H groups in total. The molecule has 0 unspecified atom stereocenters. The van der Waals surface area contributed by atoms with Gasteiger partial charge in [0, 0.05) is 35.8 Å². The first-order valence-corrected chi connectivity index (χ1v) is 9.95. The summed E-state index contributed by atoms with van der Waals surface area (Å²) in [6, 6.07) is 16.4. The first kappa shape index (κ1) is 17.8. The van der Waals surface area contributed by atoms with Gasteiger partial charge in [0.1, 0.15) is 0 Å². The number of benzene rings is 2. The van der Waals surface area contributed by atoms with Gasteiger partial charge in [-0.25, -0.2) is 0 Å². The minimum atomic E-state index is 0.0753. The number of carbonyl (C=O) groups is 1. The lowest BCUT2D eigenvalue weighted by molar-refractivity contribution is -0.116. The van der Waals surface area contributed by atoms with E-state index in [0.29, 0.717) is 6.42 Å². The molecule has 1 saturated heterocycles. The Balaban J connectivity index is 1.38. The van der Waals surface area contributed by atoms with E-state index in [4.69, 9.17) is 0 Å². The van der Waals surface area contributed by atoms with Crippen LogP contribution in [0.5, 0.6) is 0 Å². The molecule has 140 valence electrons. The van der Waals surface area contributed by atoms with E-state index in [1.165, 1.54) is 35.8 Å². The smallest absolute Gasteiger partial charge is 0.224 e. The number of nitrogens with one attached hydrogen (secondary N) is 2. The molecule has 4 nitrogen and oxygen atoms in total. The summed E-state index contributed by atoms with van der Waals surface area (Å²) in [5.74, 6) is 0.0753. The fourth-order valence-corrected chi connectivity index (χ4v) is 3.94. The molecule has 0 radical (unpaired) electrons. The zero-order chi connectivity index (χ0) is 18.5. The van der Waals surface area contributed by atoms with Crippen LogP contribution in [-0.2, 0) is 17.8 Å². The molecule has 1 amide bonds. The molecule has 0 saturated carbocycles. The Labute approximate surface area is 160 Å². The molecular weight excluding hydrogens is 334 g/mol. The maximum Gasteiger partial charge on any atom is 0.224 e. The highest BCUT2D eigenvalue weighted by molar-refractivity contribution is 5.92. The Kier molecular flexibility index (Phi) is 5.54. The maximum absolute atomic E-state index is 12.6. The molecule has 1 aliphatic rings. The molecule has 2 aromatic carbocycles. The summed E-state index contributed by atoms with van der Waals surface area (Å²) in [7, 11) is 0. The molecule has 0 bridgehead atoms. The zero-order valence-electron chi connectivity index (χ0n) is 15.7. The Bertz CT molecular complexity index is 909. The lowest BCUT2D eigenvalue weighted by Gasteiger charge is -2.27. The molecular formula is C23H27N3O. The summed E-state index contributed by atoms with van der Waals surface area (Å²) in [5.41, 5.74) is 4.48. The van der Waals surface area contributed by atoms with Crippen molar-refractivity contribution in [3.05, 3.63) is 65.9 Å². The van der Waals surface area contributed by atoms with Crippen molar-refractivity contribution in [2.24, 2.45) is 0 Å². The van der Waals surface area contributed by atoms with Crippen LogP contribution in [0.4, 0.5) is 5.69 Å². The summed E-state index contributed by atoms with van der Waals surface area (Å²) in [5, 5.41) is 4.34. The number of para-hydroxylation sites is 2. The van der Waals surface area contributed by atoms with E-state index in [0.717, 1.165) is 37.3 Å². The Morgan fingerprint density at radius 2 is 1.74 bits per heavy atom. The third kappa shape index (κ3) is 4.40. The van der Waals surface area contributed by atoms with Crippen molar-refractivity contribution in [3.8, 4) is 0 Å².